The zero-order valence-electron chi connectivity index (χ0n) is 14.8. The summed E-state index contributed by atoms with van der Waals surface area (Å²) in [5, 5.41) is 24.4. The molecule has 0 bridgehead atoms. The number of piperidine rings is 1. The SMILES string of the molecule is OC1(CN2CCC(c3nnc4cc5c(nn34)CCC5)CC2)CCCC1. The van der Waals surface area contributed by atoms with E-state index in [0.717, 1.165) is 69.6 Å². The topological polar surface area (TPSA) is 66.5 Å². The van der Waals surface area contributed by atoms with Gasteiger partial charge >= 0.3 is 0 Å². The van der Waals surface area contributed by atoms with Crippen LogP contribution >= 0.6 is 0 Å². The van der Waals surface area contributed by atoms with Crippen molar-refractivity contribution in [2.24, 2.45) is 0 Å². The molecule has 0 radical (unpaired) electrons. The molecule has 2 aliphatic carbocycles. The fourth-order valence-electron chi connectivity index (χ4n) is 5.01. The molecule has 134 valence electrons. The molecule has 0 amide bonds. The Morgan fingerprint density at radius 3 is 2.68 bits per heavy atom. The van der Waals surface area contributed by atoms with E-state index in [1.807, 2.05) is 4.52 Å². The lowest BCUT2D eigenvalue weighted by molar-refractivity contribution is 0.00273. The maximum atomic E-state index is 10.6. The Morgan fingerprint density at radius 2 is 1.88 bits per heavy atom. The second-order valence-electron chi connectivity index (χ2n) is 8.28. The molecule has 2 aromatic rings. The molecule has 0 unspecified atom stereocenters. The molecular weight excluding hydrogens is 314 g/mol. The Labute approximate surface area is 148 Å². The first kappa shape index (κ1) is 15.7. The van der Waals surface area contributed by atoms with E-state index < -0.39 is 5.60 Å². The van der Waals surface area contributed by atoms with E-state index in [1.54, 1.807) is 0 Å². The van der Waals surface area contributed by atoms with Gasteiger partial charge in [-0.25, -0.2) is 0 Å². The van der Waals surface area contributed by atoms with E-state index in [2.05, 4.69) is 21.2 Å². The van der Waals surface area contributed by atoms with Gasteiger partial charge in [-0.05, 0) is 69.7 Å². The van der Waals surface area contributed by atoms with Gasteiger partial charge < -0.3 is 10.0 Å². The van der Waals surface area contributed by atoms with Gasteiger partial charge in [0.25, 0.3) is 0 Å². The van der Waals surface area contributed by atoms with Gasteiger partial charge in [0.2, 0.25) is 0 Å². The third-order valence-electron chi connectivity index (χ3n) is 6.45. The Morgan fingerprint density at radius 1 is 1.08 bits per heavy atom. The van der Waals surface area contributed by atoms with Gasteiger partial charge in [-0.15, -0.1) is 10.2 Å². The number of aryl methyl sites for hydroxylation is 2. The minimum absolute atomic E-state index is 0.427. The summed E-state index contributed by atoms with van der Waals surface area (Å²) in [6.07, 6.45) is 9.87. The zero-order chi connectivity index (χ0) is 16.9. The molecule has 1 aliphatic heterocycles. The average Bonchev–Trinajstić information content (AvgIpc) is 3.33. The summed E-state index contributed by atoms with van der Waals surface area (Å²) < 4.78 is 2.00. The van der Waals surface area contributed by atoms with Gasteiger partial charge in [-0.1, -0.05) is 12.8 Å². The van der Waals surface area contributed by atoms with E-state index in [-0.39, 0.29) is 0 Å². The highest BCUT2D eigenvalue weighted by Crippen LogP contribution is 2.33. The number of likely N-dealkylation sites (tertiary alicyclic amines) is 1. The fourth-order valence-corrected chi connectivity index (χ4v) is 5.01. The molecule has 25 heavy (non-hydrogen) atoms. The van der Waals surface area contributed by atoms with Gasteiger partial charge in [-0.2, -0.15) is 9.61 Å². The van der Waals surface area contributed by atoms with Crippen LogP contribution in [0.1, 0.15) is 67.9 Å². The monoisotopic (exact) mass is 341 g/mol. The molecule has 1 saturated carbocycles. The lowest BCUT2D eigenvalue weighted by Crippen LogP contribution is -2.44. The van der Waals surface area contributed by atoms with Gasteiger partial charge in [-0.3, -0.25) is 0 Å². The Kier molecular flexibility index (Phi) is 3.78. The summed E-state index contributed by atoms with van der Waals surface area (Å²) in [6, 6.07) is 2.18. The second kappa shape index (κ2) is 6.02. The number of hydrogen-bond donors (Lipinski definition) is 1. The Bertz CT molecular complexity index is 771. The van der Waals surface area contributed by atoms with Crippen LogP contribution in [-0.4, -0.2) is 55.1 Å². The Hall–Kier alpha value is -1.53. The van der Waals surface area contributed by atoms with Crippen molar-refractivity contribution < 1.29 is 5.11 Å². The molecule has 6 nitrogen and oxygen atoms in total. The van der Waals surface area contributed by atoms with Crippen molar-refractivity contribution in [2.45, 2.75) is 69.3 Å². The van der Waals surface area contributed by atoms with Crippen molar-refractivity contribution in [3.8, 4) is 0 Å². The molecule has 3 aliphatic rings. The van der Waals surface area contributed by atoms with Crippen molar-refractivity contribution in [2.75, 3.05) is 19.6 Å². The molecule has 0 spiro atoms. The first-order valence-corrected chi connectivity index (χ1v) is 9.89. The zero-order valence-corrected chi connectivity index (χ0v) is 14.8. The summed E-state index contributed by atoms with van der Waals surface area (Å²) in [5.41, 5.74) is 3.05. The van der Waals surface area contributed by atoms with E-state index >= 15 is 0 Å². The predicted octanol–water partition coefficient (Wildman–Crippen LogP) is 2.10. The molecule has 1 N–H and O–H groups in total. The second-order valence-corrected chi connectivity index (χ2v) is 8.28. The smallest absolute Gasteiger partial charge is 0.178 e. The van der Waals surface area contributed by atoms with Gasteiger partial charge in [0.1, 0.15) is 0 Å². The highest BCUT2D eigenvalue weighted by molar-refractivity contribution is 5.43. The van der Waals surface area contributed by atoms with Crippen molar-refractivity contribution in [1.82, 2.24) is 24.7 Å². The molecule has 0 atom stereocenters. The molecular formula is C19H27N5O. The van der Waals surface area contributed by atoms with Crippen LogP contribution in [0.15, 0.2) is 6.07 Å². The van der Waals surface area contributed by atoms with Crippen LogP contribution in [0.4, 0.5) is 0 Å². The number of aliphatic hydroxyl groups is 1. The third kappa shape index (κ3) is 2.85. The molecule has 1 saturated heterocycles. The summed E-state index contributed by atoms with van der Waals surface area (Å²) in [5.74, 6) is 1.46. The average molecular weight is 341 g/mol. The minimum atomic E-state index is -0.434. The molecule has 6 heteroatoms. The summed E-state index contributed by atoms with van der Waals surface area (Å²) >= 11 is 0. The highest BCUT2D eigenvalue weighted by atomic mass is 16.3. The molecule has 2 aromatic heterocycles. The van der Waals surface area contributed by atoms with Crippen LogP contribution in [0.25, 0.3) is 5.65 Å². The van der Waals surface area contributed by atoms with Crippen LogP contribution in [0, 0.1) is 0 Å². The lowest BCUT2D eigenvalue weighted by Gasteiger charge is -2.36. The predicted molar refractivity (Wildman–Crippen MR) is 94.6 cm³/mol. The number of rotatable bonds is 3. The molecule has 2 fully saturated rings. The quantitative estimate of drug-likeness (QED) is 0.926. The van der Waals surface area contributed by atoms with Gasteiger partial charge in [0.15, 0.2) is 11.5 Å². The van der Waals surface area contributed by atoms with E-state index in [0.29, 0.717) is 5.92 Å². The van der Waals surface area contributed by atoms with Gasteiger partial charge in [0, 0.05) is 12.5 Å². The maximum Gasteiger partial charge on any atom is 0.178 e. The number of β-amino-alcohol motifs (C(OH)–C–C–N with tert-alkyl or cyclic N) is 1. The van der Waals surface area contributed by atoms with E-state index in [1.165, 1.54) is 30.5 Å². The summed E-state index contributed by atoms with van der Waals surface area (Å²) in [7, 11) is 0. The lowest BCUT2D eigenvalue weighted by atomic mass is 9.94. The first-order valence-electron chi connectivity index (χ1n) is 9.89. The third-order valence-corrected chi connectivity index (χ3v) is 6.45. The van der Waals surface area contributed by atoms with E-state index in [4.69, 9.17) is 5.10 Å². The maximum absolute atomic E-state index is 10.6. The number of hydrogen-bond acceptors (Lipinski definition) is 5. The molecule has 0 aromatic carbocycles. The highest BCUT2D eigenvalue weighted by Gasteiger charge is 2.35. The van der Waals surface area contributed by atoms with Crippen molar-refractivity contribution in [1.29, 1.82) is 0 Å². The summed E-state index contributed by atoms with van der Waals surface area (Å²) in [6.45, 7) is 2.91. The number of fused-ring (bicyclic) bond motifs is 2. The van der Waals surface area contributed by atoms with Crippen molar-refractivity contribution in [3.05, 3.63) is 23.1 Å². The first-order chi connectivity index (χ1) is 12.2. The van der Waals surface area contributed by atoms with Crippen LogP contribution < -0.4 is 0 Å². The van der Waals surface area contributed by atoms with Crippen LogP contribution in [0.3, 0.4) is 0 Å². The van der Waals surface area contributed by atoms with E-state index in [9.17, 15) is 5.11 Å². The normalized spacial score (nSPS) is 24.2. The minimum Gasteiger partial charge on any atom is -0.389 e. The number of nitrogens with zero attached hydrogens (tertiary/aromatic N) is 5. The van der Waals surface area contributed by atoms with Crippen molar-refractivity contribution in [3.63, 3.8) is 0 Å². The molecule has 3 heterocycles. The summed E-state index contributed by atoms with van der Waals surface area (Å²) in [4.78, 5) is 2.44. The Balaban J connectivity index is 1.30. The fraction of sp³-hybridized carbons (Fsp3) is 0.737. The van der Waals surface area contributed by atoms with Crippen molar-refractivity contribution >= 4 is 5.65 Å². The number of aromatic nitrogens is 4. The molecule has 5 rings (SSSR count). The van der Waals surface area contributed by atoms with Crippen LogP contribution in [0.2, 0.25) is 0 Å². The van der Waals surface area contributed by atoms with Gasteiger partial charge in [0.05, 0.1) is 11.3 Å². The largest absolute Gasteiger partial charge is 0.389 e. The van der Waals surface area contributed by atoms with Crippen LogP contribution in [-0.2, 0) is 12.8 Å². The standard InChI is InChI=1S/C19H27N5O/c25-19(8-1-2-9-19)13-23-10-6-14(7-11-23)18-21-20-17-12-15-4-3-5-16(15)22-24(17)18/h12,14,25H,1-11,13H2. The van der Waals surface area contributed by atoms with Crippen LogP contribution in [0.5, 0.6) is 0 Å².